The van der Waals surface area contributed by atoms with Crippen LogP contribution in [0.5, 0.6) is 0 Å². The molecule has 0 amide bonds. The van der Waals surface area contributed by atoms with Crippen molar-refractivity contribution >= 4 is 11.9 Å². The van der Waals surface area contributed by atoms with E-state index in [1.807, 2.05) is 0 Å². The summed E-state index contributed by atoms with van der Waals surface area (Å²) in [5.41, 5.74) is 0.654. The molecular formula is C12H16O4. The minimum absolute atomic E-state index is 0.0250. The Balaban J connectivity index is 2.08. The summed E-state index contributed by atoms with van der Waals surface area (Å²) in [5.74, 6) is -1.37. The lowest BCUT2D eigenvalue weighted by molar-refractivity contribution is -0.149. The Labute approximate surface area is 94.3 Å². The second kappa shape index (κ2) is 4.68. The molecule has 2 rings (SSSR count). The number of ether oxygens (including phenoxy) is 1. The fraction of sp³-hybridized carbons (Fsp3) is 0.667. The summed E-state index contributed by atoms with van der Waals surface area (Å²) in [4.78, 5) is 22.7. The summed E-state index contributed by atoms with van der Waals surface area (Å²) in [6.45, 7) is 0. The average Bonchev–Trinajstić information content (AvgIpc) is 2.23. The zero-order valence-corrected chi connectivity index (χ0v) is 9.20. The molecule has 0 heterocycles. The summed E-state index contributed by atoms with van der Waals surface area (Å²) >= 11 is 0. The van der Waals surface area contributed by atoms with Crippen molar-refractivity contribution in [3.8, 4) is 0 Å². The molecule has 4 nitrogen and oxygen atoms in total. The van der Waals surface area contributed by atoms with Crippen molar-refractivity contribution in [1.29, 1.82) is 0 Å². The summed E-state index contributed by atoms with van der Waals surface area (Å²) in [6, 6.07) is 0. The Morgan fingerprint density at radius 2 is 1.69 bits per heavy atom. The zero-order chi connectivity index (χ0) is 11.5. The van der Waals surface area contributed by atoms with Crippen molar-refractivity contribution in [3.05, 3.63) is 11.1 Å². The van der Waals surface area contributed by atoms with Crippen LogP contribution in [-0.2, 0) is 14.3 Å². The number of carboxylic acids is 1. The van der Waals surface area contributed by atoms with Crippen molar-refractivity contribution in [1.82, 2.24) is 0 Å². The highest BCUT2D eigenvalue weighted by Gasteiger charge is 2.28. The van der Waals surface area contributed by atoms with Gasteiger partial charge in [0.1, 0.15) is 6.10 Å². The van der Waals surface area contributed by atoms with Crippen LogP contribution in [0, 0.1) is 0 Å². The summed E-state index contributed by atoms with van der Waals surface area (Å²) in [7, 11) is 0. The molecule has 0 atom stereocenters. The third-order valence-corrected chi connectivity index (χ3v) is 3.30. The molecule has 1 saturated carbocycles. The maximum absolute atomic E-state index is 11.8. The first kappa shape index (κ1) is 11.2. The van der Waals surface area contributed by atoms with E-state index in [2.05, 4.69) is 0 Å². The highest BCUT2D eigenvalue weighted by atomic mass is 16.5. The summed E-state index contributed by atoms with van der Waals surface area (Å²) in [5, 5.41) is 9.00. The molecule has 0 bridgehead atoms. The number of esters is 1. The van der Waals surface area contributed by atoms with Crippen LogP contribution in [0.1, 0.15) is 44.9 Å². The fourth-order valence-electron chi connectivity index (χ4n) is 2.08. The van der Waals surface area contributed by atoms with Crippen molar-refractivity contribution in [2.75, 3.05) is 0 Å². The molecule has 0 aromatic rings. The lowest BCUT2D eigenvalue weighted by Gasteiger charge is -2.26. The predicted molar refractivity (Wildman–Crippen MR) is 56.9 cm³/mol. The van der Waals surface area contributed by atoms with Gasteiger partial charge in [-0.15, -0.1) is 0 Å². The Kier molecular flexibility index (Phi) is 3.27. The topological polar surface area (TPSA) is 63.6 Å². The van der Waals surface area contributed by atoms with Crippen LogP contribution in [-0.4, -0.2) is 23.1 Å². The second-order valence-corrected chi connectivity index (χ2v) is 4.43. The van der Waals surface area contributed by atoms with Gasteiger partial charge in [-0.3, -0.25) is 0 Å². The highest BCUT2D eigenvalue weighted by molar-refractivity contribution is 5.99. The van der Waals surface area contributed by atoms with E-state index in [0.717, 1.165) is 32.1 Å². The van der Waals surface area contributed by atoms with Gasteiger partial charge in [-0.25, -0.2) is 9.59 Å². The van der Waals surface area contributed by atoms with Gasteiger partial charge in [0.15, 0.2) is 0 Å². The lowest BCUT2D eigenvalue weighted by Crippen LogP contribution is -2.27. The first-order valence-corrected chi connectivity index (χ1v) is 5.85. The van der Waals surface area contributed by atoms with Crippen LogP contribution in [0.3, 0.4) is 0 Å². The predicted octanol–water partition coefficient (Wildman–Crippen LogP) is 2.04. The molecule has 0 aromatic heterocycles. The zero-order valence-electron chi connectivity index (χ0n) is 9.20. The molecule has 0 aromatic carbocycles. The minimum Gasteiger partial charge on any atom is -0.478 e. The van der Waals surface area contributed by atoms with Gasteiger partial charge in [-0.1, -0.05) is 0 Å². The standard InChI is InChI=1S/C12H16O4/c13-11(14)9-6-1-2-7-10(9)12(15)16-8-4-3-5-8/h8H,1-7H2,(H,13,14). The Morgan fingerprint density at radius 3 is 2.19 bits per heavy atom. The molecule has 2 aliphatic rings. The number of carbonyl (C=O) groups is 2. The maximum atomic E-state index is 11.8. The van der Waals surface area contributed by atoms with Crippen molar-refractivity contribution in [2.45, 2.75) is 51.0 Å². The number of aliphatic carboxylic acids is 1. The molecule has 1 fully saturated rings. The van der Waals surface area contributed by atoms with E-state index in [1.165, 1.54) is 0 Å². The highest BCUT2D eigenvalue weighted by Crippen LogP contribution is 2.29. The number of hydrogen-bond acceptors (Lipinski definition) is 3. The molecule has 0 unspecified atom stereocenters. The number of rotatable bonds is 3. The summed E-state index contributed by atoms with van der Waals surface area (Å²) in [6.07, 6.45) is 5.73. The number of hydrogen-bond donors (Lipinski definition) is 1. The largest absolute Gasteiger partial charge is 0.478 e. The van der Waals surface area contributed by atoms with Gasteiger partial charge in [-0.2, -0.15) is 0 Å². The van der Waals surface area contributed by atoms with Gasteiger partial charge in [0.25, 0.3) is 0 Å². The maximum Gasteiger partial charge on any atom is 0.334 e. The van der Waals surface area contributed by atoms with Gasteiger partial charge in [0, 0.05) is 11.1 Å². The van der Waals surface area contributed by atoms with Gasteiger partial charge in [-0.05, 0) is 44.9 Å². The van der Waals surface area contributed by atoms with Crippen LogP contribution >= 0.6 is 0 Å². The molecule has 1 N–H and O–H groups in total. The quantitative estimate of drug-likeness (QED) is 0.745. The van der Waals surface area contributed by atoms with Crippen LogP contribution in [0.25, 0.3) is 0 Å². The van der Waals surface area contributed by atoms with Gasteiger partial charge >= 0.3 is 11.9 Å². The molecule has 2 aliphatic carbocycles. The Bertz CT molecular complexity index is 339. The SMILES string of the molecule is O=C(O)C1=C(C(=O)OC2CCC2)CCCC1. The first-order valence-electron chi connectivity index (χ1n) is 5.85. The normalized spacial score (nSPS) is 21.5. The smallest absolute Gasteiger partial charge is 0.334 e. The van der Waals surface area contributed by atoms with Crippen molar-refractivity contribution in [3.63, 3.8) is 0 Å². The average molecular weight is 224 g/mol. The molecule has 0 radical (unpaired) electrons. The van der Waals surface area contributed by atoms with Crippen LogP contribution in [0.15, 0.2) is 11.1 Å². The Morgan fingerprint density at radius 1 is 1.06 bits per heavy atom. The number of carboxylic acid groups (broad SMARTS) is 1. The second-order valence-electron chi connectivity index (χ2n) is 4.43. The molecule has 0 spiro atoms. The van der Waals surface area contributed by atoms with Gasteiger partial charge in [0.2, 0.25) is 0 Å². The third kappa shape index (κ3) is 2.26. The van der Waals surface area contributed by atoms with Crippen molar-refractivity contribution < 1.29 is 19.4 Å². The minimum atomic E-state index is -0.972. The fourth-order valence-corrected chi connectivity index (χ4v) is 2.08. The number of carbonyl (C=O) groups excluding carboxylic acids is 1. The van der Waals surface area contributed by atoms with E-state index in [1.54, 1.807) is 0 Å². The first-order chi connectivity index (χ1) is 7.68. The van der Waals surface area contributed by atoms with Gasteiger partial charge < -0.3 is 9.84 Å². The van der Waals surface area contributed by atoms with E-state index >= 15 is 0 Å². The van der Waals surface area contributed by atoms with Crippen LogP contribution < -0.4 is 0 Å². The van der Waals surface area contributed by atoms with E-state index in [4.69, 9.17) is 9.84 Å². The Hall–Kier alpha value is -1.32. The molecule has 0 aliphatic heterocycles. The monoisotopic (exact) mass is 224 g/mol. The molecule has 88 valence electrons. The van der Waals surface area contributed by atoms with E-state index in [9.17, 15) is 9.59 Å². The van der Waals surface area contributed by atoms with Crippen molar-refractivity contribution in [2.24, 2.45) is 0 Å². The third-order valence-electron chi connectivity index (χ3n) is 3.30. The van der Waals surface area contributed by atoms with Gasteiger partial charge in [0.05, 0.1) is 0 Å². The molecular weight excluding hydrogens is 208 g/mol. The summed E-state index contributed by atoms with van der Waals surface area (Å²) < 4.78 is 5.25. The van der Waals surface area contributed by atoms with E-state index in [0.29, 0.717) is 18.4 Å². The molecule has 0 saturated heterocycles. The molecule has 16 heavy (non-hydrogen) atoms. The lowest BCUT2D eigenvalue weighted by atomic mass is 9.91. The van der Waals surface area contributed by atoms with Crippen LogP contribution in [0.4, 0.5) is 0 Å². The van der Waals surface area contributed by atoms with E-state index < -0.39 is 11.9 Å². The van der Waals surface area contributed by atoms with E-state index in [-0.39, 0.29) is 11.7 Å². The molecule has 4 heteroatoms. The van der Waals surface area contributed by atoms with Crippen LogP contribution in [0.2, 0.25) is 0 Å².